The summed E-state index contributed by atoms with van der Waals surface area (Å²) in [6.07, 6.45) is 6.77. The number of carbonyl (C=O) groups is 1. The van der Waals surface area contributed by atoms with Crippen molar-refractivity contribution >= 4 is 34.2 Å². The zero-order chi connectivity index (χ0) is 23.4. The molecule has 0 radical (unpaired) electrons. The molecule has 1 aromatic carbocycles. The van der Waals surface area contributed by atoms with Gasteiger partial charge in [-0.2, -0.15) is 14.5 Å². The summed E-state index contributed by atoms with van der Waals surface area (Å²) in [5, 5.41) is 10.1. The van der Waals surface area contributed by atoms with Gasteiger partial charge in [0.2, 0.25) is 10.0 Å². The largest absolute Gasteiger partial charge is 0.306 e. The minimum Gasteiger partial charge on any atom is -0.306 e. The summed E-state index contributed by atoms with van der Waals surface area (Å²) in [5.41, 5.74) is 1.72. The van der Waals surface area contributed by atoms with E-state index in [9.17, 15) is 17.6 Å². The first-order chi connectivity index (χ1) is 15.9. The number of benzene rings is 1. The van der Waals surface area contributed by atoms with E-state index in [1.807, 2.05) is 6.92 Å². The van der Waals surface area contributed by atoms with Crippen LogP contribution in [0.5, 0.6) is 0 Å². The van der Waals surface area contributed by atoms with Crippen molar-refractivity contribution < 1.29 is 17.6 Å². The maximum Gasteiger partial charge on any atom is 0.259 e. The van der Waals surface area contributed by atoms with E-state index in [0.717, 1.165) is 18.4 Å². The first-order valence-corrected chi connectivity index (χ1v) is 12.5. The summed E-state index contributed by atoms with van der Waals surface area (Å²) < 4.78 is 41.3. The van der Waals surface area contributed by atoms with Gasteiger partial charge in [-0.15, -0.1) is 0 Å². The number of hydrogen-bond acceptors (Lipinski definition) is 6. The lowest BCUT2D eigenvalue weighted by Crippen LogP contribution is -2.38. The molecule has 0 saturated heterocycles. The van der Waals surface area contributed by atoms with Gasteiger partial charge >= 0.3 is 0 Å². The predicted molar refractivity (Wildman–Crippen MR) is 126 cm³/mol. The van der Waals surface area contributed by atoms with E-state index in [2.05, 4.69) is 20.5 Å². The van der Waals surface area contributed by atoms with Crippen molar-refractivity contribution in [3.05, 3.63) is 58.5 Å². The summed E-state index contributed by atoms with van der Waals surface area (Å²) in [5.74, 6) is -1.05. The van der Waals surface area contributed by atoms with Crippen LogP contribution >= 0.6 is 0 Å². The quantitative estimate of drug-likeness (QED) is 0.470. The van der Waals surface area contributed by atoms with E-state index in [-0.39, 0.29) is 23.2 Å². The van der Waals surface area contributed by atoms with Crippen LogP contribution in [0.3, 0.4) is 0 Å². The molecule has 1 aliphatic heterocycles. The van der Waals surface area contributed by atoms with Gasteiger partial charge in [-0.1, -0.05) is 19.4 Å². The van der Waals surface area contributed by atoms with Crippen LogP contribution < -0.4 is 5.32 Å². The normalized spacial score (nSPS) is 16.9. The van der Waals surface area contributed by atoms with E-state index in [1.165, 1.54) is 22.7 Å². The van der Waals surface area contributed by atoms with Crippen LogP contribution in [0.2, 0.25) is 0 Å². The third-order valence-corrected chi connectivity index (χ3v) is 7.93. The molecule has 2 heterocycles. The van der Waals surface area contributed by atoms with Gasteiger partial charge < -0.3 is 5.32 Å². The van der Waals surface area contributed by atoms with Crippen LogP contribution in [0.4, 0.5) is 10.2 Å². The average molecular weight is 472 g/mol. The van der Waals surface area contributed by atoms with Gasteiger partial charge in [0.25, 0.3) is 5.91 Å². The highest BCUT2D eigenvalue weighted by Gasteiger charge is 2.41. The number of rotatable bonds is 8. The molecule has 33 heavy (non-hydrogen) atoms. The Balaban J connectivity index is 1.49. The lowest BCUT2D eigenvalue weighted by atomic mass is 9.97. The van der Waals surface area contributed by atoms with Gasteiger partial charge in [-0.05, 0) is 61.1 Å². The Morgan fingerprint density at radius 3 is 2.85 bits per heavy atom. The van der Waals surface area contributed by atoms with Crippen LogP contribution in [-0.4, -0.2) is 47.8 Å². The number of halogens is 1. The van der Waals surface area contributed by atoms with Crippen molar-refractivity contribution in [3.63, 3.8) is 0 Å². The topological polar surface area (TPSA) is 104 Å². The number of carbonyl (C=O) groups excluding carboxylic acids is 1. The van der Waals surface area contributed by atoms with Gasteiger partial charge in [-0.25, -0.2) is 17.8 Å². The predicted octanol–water partition coefficient (Wildman–Crippen LogP) is 3.53. The highest BCUT2D eigenvalue weighted by atomic mass is 32.2. The molecule has 4 rings (SSSR count). The number of amides is 1. The molecule has 2 aliphatic rings. The van der Waals surface area contributed by atoms with Crippen LogP contribution in [0.25, 0.3) is 0 Å². The zero-order valence-electron chi connectivity index (χ0n) is 18.4. The fourth-order valence-corrected chi connectivity index (χ4v) is 5.44. The Labute approximate surface area is 192 Å². The Morgan fingerprint density at radius 2 is 2.09 bits per heavy atom. The molecule has 0 atom stereocenters. The number of pyridine rings is 1. The SMILES string of the molecule is CCC/C=N/N=C/c1cccc(NC(=O)c2cc3c(cc2F)CCN(S(=O)(=O)C2CC2)C3)n1. The highest BCUT2D eigenvalue weighted by Crippen LogP contribution is 2.34. The molecule has 174 valence electrons. The van der Waals surface area contributed by atoms with Crippen molar-refractivity contribution in [3.8, 4) is 0 Å². The van der Waals surface area contributed by atoms with Crippen molar-refractivity contribution in [2.75, 3.05) is 11.9 Å². The number of nitrogens with one attached hydrogen (secondary N) is 1. The van der Waals surface area contributed by atoms with E-state index in [1.54, 1.807) is 24.4 Å². The second-order valence-corrected chi connectivity index (χ2v) is 10.4. The Bertz CT molecular complexity index is 1210. The van der Waals surface area contributed by atoms with E-state index in [4.69, 9.17) is 0 Å². The number of hydrogen-bond donors (Lipinski definition) is 1. The van der Waals surface area contributed by atoms with Gasteiger partial charge in [0, 0.05) is 19.3 Å². The van der Waals surface area contributed by atoms with Gasteiger partial charge in [0.1, 0.15) is 11.6 Å². The average Bonchev–Trinajstić information content (AvgIpc) is 3.64. The monoisotopic (exact) mass is 471 g/mol. The molecule has 2 aromatic rings. The minimum absolute atomic E-state index is 0.149. The number of unbranched alkanes of at least 4 members (excludes halogenated alkanes) is 1. The lowest BCUT2D eigenvalue weighted by Gasteiger charge is -2.28. The minimum atomic E-state index is -3.33. The van der Waals surface area contributed by atoms with Crippen LogP contribution in [0.1, 0.15) is 59.8 Å². The number of aromatic nitrogens is 1. The van der Waals surface area contributed by atoms with Crippen molar-refractivity contribution in [2.24, 2.45) is 10.2 Å². The Morgan fingerprint density at radius 1 is 1.27 bits per heavy atom. The van der Waals surface area contributed by atoms with Crippen LogP contribution in [-0.2, 0) is 23.0 Å². The molecule has 0 spiro atoms. The van der Waals surface area contributed by atoms with Crippen molar-refractivity contribution in [2.45, 2.75) is 50.8 Å². The Hall–Kier alpha value is -2.98. The number of sulfonamides is 1. The van der Waals surface area contributed by atoms with Gasteiger partial charge in [-0.3, -0.25) is 4.79 Å². The summed E-state index contributed by atoms with van der Waals surface area (Å²) >= 11 is 0. The van der Waals surface area contributed by atoms with Crippen molar-refractivity contribution in [1.82, 2.24) is 9.29 Å². The molecule has 0 bridgehead atoms. The standard InChI is InChI=1S/C23H26FN5O3S/c1-2-3-10-25-26-14-18-5-4-6-22(27-18)28-23(30)20-12-17-15-29(33(31,32)19-7-8-19)11-9-16(17)13-21(20)24/h4-6,10,12-14,19H,2-3,7-9,11,15H2,1H3,(H,27,28,30)/b25-10+,26-14+. The van der Waals surface area contributed by atoms with Gasteiger partial charge in [0.15, 0.2) is 0 Å². The molecule has 1 amide bonds. The fraction of sp³-hybridized carbons (Fsp3) is 0.391. The molecule has 10 heteroatoms. The third kappa shape index (κ3) is 5.51. The first-order valence-electron chi connectivity index (χ1n) is 11.0. The number of fused-ring (bicyclic) bond motifs is 1. The van der Waals surface area contributed by atoms with Gasteiger partial charge in [0.05, 0.1) is 22.7 Å². The fourth-order valence-electron chi connectivity index (χ4n) is 3.62. The highest BCUT2D eigenvalue weighted by molar-refractivity contribution is 7.90. The summed E-state index contributed by atoms with van der Waals surface area (Å²) in [6, 6.07) is 7.78. The molecule has 1 fully saturated rings. The summed E-state index contributed by atoms with van der Waals surface area (Å²) in [6.45, 7) is 2.52. The Kier molecular flexibility index (Phi) is 6.94. The number of nitrogens with zero attached hydrogens (tertiary/aromatic N) is 4. The molecule has 1 N–H and O–H groups in total. The smallest absolute Gasteiger partial charge is 0.259 e. The molecular weight excluding hydrogens is 445 g/mol. The van der Waals surface area contributed by atoms with E-state index >= 15 is 0 Å². The summed E-state index contributed by atoms with van der Waals surface area (Å²) in [4.78, 5) is 17.1. The number of anilines is 1. The van der Waals surface area contributed by atoms with E-state index in [0.29, 0.717) is 37.1 Å². The first kappa shape index (κ1) is 23.2. The van der Waals surface area contributed by atoms with Crippen molar-refractivity contribution in [1.29, 1.82) is 0 Å². The lowest BCUT2D eigenvalue weighted by molar-refractivity contribution is 0.102. The molecule has 0 unspecified atom stereocenters. The second-order valence-electron chi connectivity index (χ2n) is 8.16. The molecule has 8 nitrogen and oxygen atoms in total. The third-order valence-electron chi connectivity index (χ3n) is 5.58. The maximum absolute atomic E-state index is 14.7. The molecule has 1 saturated carbocycles. The molecular formula is C23H26FN5O3S. The second kappa shape index (κ2) is 9.88. The van der Waals surface area contributed by atoms with Crippen LogP contribution in [0, 0.1) is 5.82 Å². The van der Waals surface area contributed by atoms with E-state index < -0.39 is 21.7 Å². The zero-order valence-corrected chi connectivity index (χ0v) is 19.2. The molecule has 1 aliphatic carbocycles. The van der Waals surface area contributed by atoms with Crippen LogP contribution in [0.15, 0.2) is 40.5 Å². The maximum atomic E-state index is 14.7. The molecule has 1 aromatic heterocycles. The summed E-state index contributed by atoms with van der Waals surface area (Å²) in [7, 11) is -3.33.